The van der Waals surface area contributed by atoms with Crippen molar-refractivity contribution in [2.24, 2.45) is 5.41 Å². The zero-order valence-corrected chi connectivity index (χ0v) is 12.4. The molecule has 1 aliphatic rings. The molecular weight excluding hydrogens is 255 g/mol. The van der Waals surface area contributed by atoms with Gasteiger partial charge in [0.25, 0.3) is 5.91 Å². The van der Waals surface area contributed by atoms with Gasteiger partial charge in [0.05, 0.1) is 11.3 Å². The highest BCUT2D eigenvalue weighted by Gasteiger charge is 2.31. The summed E-state index contributed by atoms with van der Waals surface area (Å²) in [5, 5.41) is 0. The summed E-state index contributed by atoms with van der Waals surface area (Å²) in [7, 11) is 1.79. The molecule has 0 radical (unpaired) electrons. The van der Waals surface area contributed by atoms with Gasteiger partial charge in [0.1, 0.15) is 5.82 Å². The molecule has 2 N–H and O–H groups in total. The number of nitrogen functional groups attached to an aromatic ring is 1. The molecule has 0 aliphatic heterocycles. The van der Waals surface area contributed by atoms with Crippen molar-refractivity contribution in [1.82, 2.24) is 4.90 Å². The molecule has 0 bridgehead atoms. The number of para-hydroxylation sites is 1. The van der Waals surface area contributed by atoms with Crippen LogP contribution >= 0.6 is 0 Å². The third kappa shape index (κ3) is 2.94. The van der Waals surface area contributed by atoms with E-state index in [4.69, 9.17) is 5.73 Å². The Balaban J connectivity index is 2.11. The van der Waals surface area contributed by atoms with E-state index < -0.39 is 5.82 Å². The second-order valence-corrected chi connectivity index (χ2v) is 6.51. The molecule has 110 valence electrons. The number of nitrogens with two attached hydrogens (primary N) is 1. The maximum Gasteiger partial charge on any atom is 0.256 e. The van der Waals surface area contributed by atoms with Crippen LogP contribution in [0, 0.1) is 11.2 Å². The van der Waals surface area contributed by atoms with Crippen LogP contribution in [0.3, 0.4) is 0 Å². The van der Waals surface area contributed by atoms with Crippen LogP contribution in [0.5, 0.6) is 0 Å². The molecule has 1 saturated carbocycles. The van der Waals surface area contributed by atoms with Crippen molar-refractivity contribution < 1.29 is 9.18 Å². The molecule has 1 aromatic carbocycles. The molecule has 0 spiro atoms. The van der Waals surface area contributed by atoms with Crippen LogP contribution in [-0.2, 0) is 0 Å². The fourth-order valence-electron chi connectivity index (χ4n) is 2.85. The average molecular weight is 278 g/mol. The standard InChI is InChI=1S/C16H23FN2O/c1-16(2)9-7-11(8-10-16)19(3)15(20)12-5-4-6-13(17)14(12)18/h4-6,11H,7-10,18H2,1-3H3. The van der Waals surface area contributed by atoms with Crippen LogP contribution in [0.25, 0.3) is 0 Å². The maximum atomic E-state index is 13.5. The first-order valence-electron chi connectivity index (χ1n) is 7.13. The first-order valence-corrected chi connectivity index (χ1v) is 7.13. The summed E-state index contributed by atoms with van der Waals surface area (Å²) in [5.74, 6) is -0.722. The number of halogens is 1. The zero-order valence-electron chi connectivity index (χ0n) is 12.4. The molecule has 1 fully saturated rings. The van der Waals surface area contributed by atoms with Gasteiger partial charge in [-0.3, -0.25) is 4.79 Å². The van der Waals surface area contributed by atoms with Crippen LogP contribution in [0.2, 0.25) is 0 Å². The Hall–Kier alpha value is -1.58. The number of hydrogen-bond donors (Lipinski definition) is 1. The molecule has 1 aliphatic carbocycles. The van der Waals surface area contributed by atoms with E-state index in [1.807, 2.05) is 0 Å². The number of carbonyl (C=O) groups excluding carboxylic acids is 1. The van der Waals surface area contributed by atoms with Gasteiger partial charge in [-0.05, 0) is 43.2 Å². The molecular formula is C16H23FN2O. The van der Waals surface area contributed by atoms with Crippen molar-refractivity contribution >= 4 is 11.6 Å². The van der Waals surface area contributed by atoms with E-state index in [-0.39, 0.29) is 23.2 Å². The van der Waals surface area contributed by atoms with Gasteiger partial charge in [0.15, 0.2) is 0 Å². The van der Waals surface area contributed by atoms with E-state index in [0.717, 1.165) is 25.7 Å². The molecule has 0 atom stereocenters. The van der Waals surface area contributed by atoms with E-state index in [1.165, 1.54) is 12.1 Å². The van der Waals surface area contributed by atoms with Crippen molar-refractivity contribution in [3.05, 3.63) is 29.6 Å². The predicted octanol–water partition coefficient (Wildman–Crippen LogP) is 3.45. The lowest BCUT2D eigenvalue weighted by Gasteiger charge is -2.38. The molecule has 0 saturated heterocycles. The zero-order chi connectivity index (χ0) is 14.9. The molecule has 0 aromatic heterocycles. The van der Waals surface area contributed by atoms with Gasteiger partial charge < -0.3 is 10.6 Å². The first kappa shape index (κ1) is 14.8. The largest absolute Gasteiger partial charge is 0.396 e. The van der Waals surface area contributed by atoms with Gasteiger partial charge >= 0.3 is 0 Å². The SMILES string of the molecule is CN(C(=O)c1cccc(F)c1N)C1CCC(C)(C)CC1. The molecule has 0 heterocycles. The van der Waals surface area contributed by atoms with Crippen LogP contribution in [0.1, 0.15) is 49.9 Å². The van der Waals surface area contributed by atoms with Gasteiger partial charge in [-0.1, -0.05) is 19.9 Å². The number of rotatable bonds is 2. The quantitative estimate of drug-likeness (QED) is 0.842. The minimum absolute atomic E-state index is 0.0551. The smallest absolute Gasteiger partial charge is 0.256 e. The monoisotopic (exact) mass is 278 g/mol. The van der Waals surface area contributed by atoms with Crippen molar-refractivity contribution in [2.75, 3.05) is 12.8 Å². The number of nitrogens with zero attached hydrogens (tertiary/aromatic N) is 1. The fraction of sp³-hybridized carbons (Fsp3) is 0.562. The minimum Gasteiger partial charge on any atom is -0.396 e. The third-order valence-corrected chi connectivity index (χ3v) is 4.46. The fourth-order valence-corrected chi connectivity index (χ4v) is 2.85. The Morgan fingerprint density at radius 2 is 1.95 bits per heavy atom. The summed E-state index contributed by atoms with van der Waals surface area (Å²) in [6.07, 6.45) is 4.19. The first-order chi connectivity index (χ1) is 9.32. The minimum atomic E-state index is -0.533. The molecule has 4 heteroatoms. The van der Waals surface area contributed by atoms with Crippen LogP contribution in [0.4, 0.5) is 10.1 Å². The highest BCUT2D eigenvalue weighted by atomic mass is 19.1. The van der Waals surface area contributed by atoms with Gasteiger partial charge in [0, 0.05) is 13.1 Å². The van der Waals surface area contributed by atoms with E-state index in [0.29, 0.717) is 5.41 Å². The van der Waals surface area contributed by atoms with Crippen molar-refractivity contribution in [3.8, 4) is 0 Å². The van der Waals surface area contributed by atoms with Gasteiger partial charge in [-0.25, -0.2) is 4.39 Å². The lowest BCUT2D eigenvalue weighted by molar-refractivity contribution is 0.0636. The number of hydrogen-bond acceptors (Lipinski definition) is 2. The molecule has 0 unspecified atom stereocenters. The number of anilines is 1. The van der Waals surface area contributed by atoms with Crippen molar-refractivity contribution in [1.29, 1.82) is 0 Å². The second kappa shape index (κ2) is 5.43. The highest BCUT2D eigenvalue weighted by molar-refractivity contribution is 5.99. The average Bonchev–Trinajstić information content (AvgIpc) is 2.40. The number of benzene rings is 1. The van der Waals surface area contributed by atoms with Crippen molar-refractivity contribution in [3.63, 3.8) is 0 Å². The Labute approximate surface area is 120 Å². The lowest BCUT2D eigenvalue weighted by Crippen LogP contribution is -2.41. The Morgan fingerprint density at radius 3 is 2.55 bits per heavy atom. The highest BCUT2D eigenvalue weighted by Crippen LogP contribution is 2.37. The summed E-state index contributed by atoms with van der Waals surface area (Å²) in [4.78, 5) is 14.2. The van der Waals surface area contributed by atoms with Gasteiger partial charge in [0.2, 0.25) is 0 Å². The maximum absolute atomic E-state index is 13.5. The lowest BCUT2D eigenvalue weighted by atomic mass is 9.75. The molecule has 1 amide bonds. The molecule has 3 nitrogen and oxygen atoms in total. The van der Waals surface area contributed by atoms with E-state index >= 15 is 0 Å². The Kier molecular flexibility index (Phi) is 4.02. The second-order valence-electron chi connectivity index (χ2n) is 6.51. The molecule has 1 aromatic rings. The van der Waals surface area contributed by atoms with Crippen molar-refractivity contribution in [2.45, 2.75) is 45.6 Å². The topological polar surface area (TPSA) is 46.3 Å². The number of carbonyl (C=O) groups is 1. The van der Waals surface area contributed by atoms with E-state index in [2.05, 4.69) is 13.8 Å². The normalized spacial score (nSPS) is 18.8. The van der Waals surface area contributed by atoms with Crippen LogP contribution in [-0.4, -0.2) is 23.9 Å². The summed E-state index contributed by atoms with van der Waals surface area (Å²) in [6, 6.07) is 4.61. The Bertz CT molecular complexity index is 503. The van der Waals surface area contributed by atoms with Crippen LogP contribution < -0.4 is 5.73 Å². The third-order valence-electron chi connectivity index (χ3n) is 4.46. The summed E-state index contributed by atoms with van der Waals surface area (Å²) in [6.45, 7) is 4.52. The predicted molar refractivity (Wildman–Crippen MR) is 78.9 cm³/mol. The molecule has 2 rings (SSSR count). The van der Waals surface area contributed by atoms with E-state index in [1.54, 1.807) is 18.0 Å². The summed E-state index contributed by atoms with van der Waals surface area (Å²) >= 11 is 0. The van der Waals surface area contributed by atoms with Gasteiger partial charge in [-0.2, -0.15) is 0 Å². The summed E-state index contributed by atoms with van der Waals surface area (Å²) in [5.41, 5.74) is 6.24. The summed E-state index contributed by atoms with van der Waals surface area (Å²) < 4.78 is 13.5. The van der Waals surface area contributed by atoms with E-state index in [9.17, 15) is 9.18 Å². The molecule has 20 heavy (non-hydrogen) atoms. The number of amides is 1. The van der Waals surface area contributed by atoms with Crippen LogP contribution in [0.15, 0.2) is 18.2 Å². The Morgan fingerprint density at radius 1 is 1.35 bits per heavy atom. The van der Waals surface area contributed by atoms with Gasteiger partial charge in [-0.15, -0.1) is 0 Å².